The van der Waals surface area contributed by atoms with Crippen molar-refractivity contribution in [1.82, 2.24) is 16.0 Å². The van der Waals surface area contributed by atoms with Gasteiger partial charge in [0.25, 0.3) is 0 Å². The van der Waals surface area contributed by atoms with Crippen LogP contribution < -0.4 is 27.4 Å². The van der Waals surface area contributed by atoms with Crippen LogP contribution >= 0.6 is 21.6 Å². The Morgan fingerprint density at radius 1 is 0.814 bits per heavy atom. The number of Topliss-reactive ketones (excluding diaryl/α,β-unsaturated/α-hetero) is 1. The fraction of sp³-hybridized carbons (Fsp3) is 0.621. The second-order valence-corrected chi connectivity index (χ2v) is 14.6. The normalized spacial score (nSPS) is 15.3. The van der Waals surface area contributed by atoms with Crippen LogP contribution in [-0.4, -0.2) is 82.6 Å². The summed E-state index contributed by atoms with van der Waals surface area (Å²) >= 11 is 0. The molecule has 242 valence electrons. The lowest BCUT2D eigenvalue weighted by Gasteiger charge is -2.29. The molecule has 4 amide bonds. The van der Waals surface area contributed by atoms with Crippen LogP contribution in [0.4, 0.5) is 4.79 Å². The van der Waals surface area contributed by atoms with Gasteiger partial charge < -0.3 is 36.9 Å². The molecular weight excluding hydrogens is 594 g/mol. The highest BCUT2D eigenvalue weighted by Gasteiger charge is 2.30. The highest BCUT2D eigenvalue weighted by atomic mass is 33.1. The van der Waals surface area contributed by atoms with Gasteiger partial charge in [0, 0.05) is 17.9 Å². The molecule has 0 fully saturated rings. The fourth-order valence-corrected chi connectivity index (χ4v) is 6.01. The summed E-state index contributed by atoms with van der Waals surface area (Å²) in [7, 11) is 2.42. The summed E-state index contributed by atoms with van der Waals surface area (Å²) in [5.41, 5.74) is 11.1. The number of ether oxygens (including phenoxy) is 2. The minimum Gasteiger partial charge on any atom is -0.444 e. The van der Waals surface area contributed by atoms with Gasteiger partial charge in [-0.3, -0.25) is 19.2 Å². The van der Waals surface area contributed by atoms with Gasteiger partial charge in [-0.25, -0.2) is 4.79 Å². The van der Waals surface area contributed by atoms with E-state index in [1.54, 1.807) is 27.7 Å². The first-order valence-electron chi connectivity index (χ1n) is 13.9. The number of hydrogen-bond donors (Lipinski definition) is 5. The number of alkyl carbamates (subject to hydrolysis) is 1. The standard InChI is InChI=1S/C29H47N5O7S2/c1-17(35)21(32-26(38)23(30)18(2)40-28(3,4)5)15-42-43-16-22(24(31)36)33-25(37)20(14-19-12-10-9-11-13-19)34-27(39)41-29(6,7)8/h9-13,18,20-23H,14-16,30H2,1-8H3,(H2,31,36)(H,32,38)(H,33,37)(H,34,39)/t18-,20-,21+,22+,23+/m1/s1. The molecule has 0 aromatic heterocycles. The van der Waals surface area contributed by atoms with Crippen LogP contribution in [0.1, 0.15) is 61.0 Å². The van der Waals surface area contributed by atoms with Crippen molar-refractivity contribution in [3.63, 3.8) is 0 Å². The third kappa shape index (κ3) is 16.0. The van der Waals surface area contributed by atoms with E-state index in [-0.39, 0.29) is 23.7 Å². The van der Waals surface area contributed by atoms with Crippen molar-refractivity contribution < 1.29 is 33.4 Å². The predicted octanol–water partition coefficient (Wildman–Crippen LogP) is 2.08. The summed E-state index contributed by atoms with van der Waals surface area (Å²) in [5, 5.41) is 7.84. The lowest BCUT2D eigenvalue weighted by atomic mass is 10.1. The summed E-state index contributed by atoms with van der Waals surface area (Å²) in [6.07, 6.45) is -1.20. The fourth-order valence-electron chi connectivity index (χ4n) is 3.58. The van der Waals surface area contributed by atoms with Gasteiger partial charge in [-0.1, -0.05) is 51.9 Å². The second-order valence-electron chi connectivity index (χ2n) is 12.1. The molecule has 1 aromatic rings. The molecule has 0 aliphatic rings. The minimum absolute atomic E-state index is 0.0742. The maximum atomic E-state index is 13.2. The van der Waals surface area contributed by atoms with Gasteiger partial charge in [-0.15, -0.1) is 0 Å². The quantitative estimate of drug-likeness (QED) is 0.132. The zero-order chi connectivity index (χ0) is 33.0. The number of primary amides is 1. The molecular formula is C29H47N5O7S2. The average molecular weight is 642 g/mol. The van der Waals surface area contributed by atoms with E-state index in [0.29, 0.717) is 0 Å². The summed E-state index contributed by atoms with van der Waals surface area (Å²) < 4.78 is 11.0. The van der Waals surface area contributed by atoms with Crippen LogP contribution in [0.5, 0.6) is 0 Å². The van der Waals surface area contributed by atoms with Gasteiger partial charge in [0.2, 0.25) is 17.7 Å². The molecule has 0 aliphatic heterocycles. The Morgan fingerprint density at radius 3 is 1.84 bits per heavy atom. The lowest BCUT2D eigenvalue weighted by Crippen LogP contribution is -2.55. The van der Waals surface area contributed by atoms with Gasteiger partial charge >= 0.3 is 6.09 Å². The third-order valence-corrected chi connectivity index (χ3v) is 8.08. The molecule has 5 atom stereocenters. The molecule has 1 aromatic carbocycles. The Labute approximate surface area is 262 Å². The van der Waals surface area contributed by atoms with Crippen LogP contribution in [0, 0.1) is 0 Å². The Morgan fingerprint density at radius 2 is 1.35 bits per heavy atom. The first kappa shape index (κ1) is 38.2. The smallest absolute Gasteiger partial charge is 0.408 e. The van der Waals surface area contributed by atoms with E-state index in [9.17, 15) is 24.0 Å². The first-order chi connectivity index (χ1) is 19.8. The van der Waals surface area contributed by atoms with E-state index < -0.39 is 65.3 Å². The Kier molecular flexibility index (Phi) is 15.5. The van der Waals surface area contributed by atoms with Gasteiger partial charge in [0.1, 0.15) is 23.7 Å². The number of nitrogens with two attached hydrogens (primary N) is 2. The second kappa shape index (κ2) is 17.5. The van der Waals surface area contributed by atoms with Crippen LogP contribution in [-0.2, 0) is 35.1 Å². The lowest BCUT2D eigenvalue weighted by molar-refractivity contribution is -0.132. The van der Waals surface area contributed by atoms with Crippen LogP contribution in [0.2, 0.25) is 0 Å². The van der Waals surface area contributed by atoms with Crippen LogP contribution in [0.15, 0.2) is 30.3 Å². The number of amides is 4. The maximum Gasteiger partial charge on any atom is 0.408 e. The summed E-state index contributed by atoms with van der Waals surface area (Å²) in [6, 6.07) is 5.15. The van der Waals surface area contributed by atoms with Gasteiger partial charge in [-0.05, 0) is 61.0 Å². The number of benzene rings is 1. The molecule has 0 aliphatic carbocycles. The Bertz CT molecular complexity index is 1090. The SMILES string of the molecule is CC(=O)[C@H](CSSC[C@H](NC(=O)[C@@H](Cc1ccccc1)NC(=O)OC(C)(C)C)C(N)=O)NC(=O)[C@@H](N)[C@@H](C)OC(C)(C)C. The highest BCUT2D eigenvalue weighted by Crippen LogP contribution is 2.23. The molecule has 0 radical (unpaired) electrons. The monoisotopic (exact) mass is 641 g/mol. The Hall–Kier alpha value is -2.81. The number of carbonyl (C=O) groups excluding carboxylic acids is 5. The number of ketones is 1. The summed E-state index contributed by atoms with van der Waals surface area (Å²) in [5.74, 6) is -1.92. The van der Waals surface area contributed by atoms with Gasteiger partial charge in [0.05, 0.1) is 17.7 Å². The first-order valence-corrected chi connectivity index (χ1v) is 16.4. The number of carbonyl (C=O) groups is 5. The molecule has 0 saturated carbocycles. The van der Waals surface area contributed by atoms with E-state index >= 15 is 0 Å². The predicted molar refractivity (Wildman–Crippen MR) is 170 cm³/mol. The highest BCUT2D eigenvalue weighted by molar-refractivity contribution is 8.76. The number of hydrogen-bond acceptors (Lipinski definition) is 10. The average Bonchev–Trinajstić information content (AvgIpc) is 2.86. The zero-order valence-electron chi connectivity index (χ0n) is 26.2. The van der Waals surface area contributed by atoms with E-state index in [2.05, 4.69) is 16.0 Å². The molecule has 1 rings (SSSR count). The van der Waals surface area contributed by atoms with Crippen molar-refractivity contribution in [2.45, 2.75) is 103 Å². The van der Waals surface area contributed by atoms with Gasteiger partial charge in [-0.2, -0.15) is 0 Å². The molecule has 0 heterocycles. The Balaban J connectivity index is 2.79. The van der Waals surface area contributed by atoms with Crippen molar-refractivity contribution in [1.29, 1.82) is 0 Å². The molecule has 43 heavy (non-hydrogen) atoms. The molecule has 0 saturated heterocycles. The van der Waals surface area contributed by atoms with Crippen LogP contribution in [0.3, 0.4) is 0 Å². The third-order valence-electron chi connectivity index (χ3n) is 5.66. The topological polar surface area (TPSA) is 192 Å². The minimum atomic E-state index is -1.07. The largest absolute Gasteiger partial charge is 0.444 e. The van der Waals surface area contributed by atoms with E-state index in [0.717, 1.165) is 5.56 Å². The summed E-state index contributed by atoms with van der Waals surface area (Å²) in [4.78, 5) is 62.7. The molecule has 0 unspecified atom stereocenters. The molecule has 0 spiro atoms. The molecule has 0 bridgehead atoms. The van der Waals surface area contributed by atoms with Crippen molar-refractivity contribution in [2.75, 3.05) is 11.5 Å². The van der Waals surface area contributed by atoms with Crippen molar-refractivity contribution in [2.24, 2.45) is 11.5 Å². The van der Waals surface area contributed by atoms with E-state index in [4.69, 9.17) is 20.9 Å². The van der Waals surface area contributed by atoms with Crippen molar-refractivity contribution >= 4 is 51.2 Å². The van der Waals surface area contributed by atoms with E-state index in [1.807, 2.05) is 51.1 Å². The maximum absolute atomic E-state index is 13.2. The number of nitrogens with one attached hydrogen (secondary N) is 3. The molecule has 7 N–H and O–H groups in total. The summed E-state index contributed by atoms with van der Waals surface area (Å²) in [6.45, 7) is 13.7. The number of rotatable bonds is 16. The van der Waals surface area contributed by atoms with E-state index in [1.165, 1.54) is 28.5 Å². The molecule has 14 heteroatoms. The van der Waals surface area contributed by atoms with Gasteiger partial charge in [0.15, 0.2) is 5.78 Å². The molecule has 12 nitrogen and oxygen atoms in total. The zero-order valence-corrected chi connectivity index (χ0v) is 27.9. The van der Waals surface area contributed by atoms with Crippen molar-refractivity contribution in [3.05, 3.63) is 35.9 Å². The van der Waals surface area contributed by atoms with Crippen LogP contribution in [0.25, 0.3) is 0 Å². The van der Waals surface area contributed by atoms with Crippen molar-refractivity contribution in [3.8, 4) is 0 Å².